The fourth-order valence-corrected chi connectivity index (χ4v) is 3.73. The van der Waals surface area contributed by atoms with Crippen molar-refractivity contribution in [2.75, 3.05) is 6.61 Å². The predicted octanol–water partition coefficient (Wildman–Crippen LogP) is 4.78. The van der Waals surface area contributed by atoms with E-state index in [1.165, 1.54) is 12.8 Å². The van der Waals surface area contributed by atoms with Gasteiger partial charge in [0.1, 0.15) is 5.69 Å². The van der Waals surface area contributed by atoms with Gasteiger partial charge >= 0.3 is 0 Å². The molecule has 5 nitrogen and oxygen atoms in total. The third-order valence-electron chi connectivity index (χ3n) is 5.35. The predicted molar refractivity (Wildman–Crippen MR) is 109 cm³/mol. The molecule has 1 atom stereocenters. The second-order valence-corrected chi connectivity index (χ2v) is 7.44. The summed E-state index contributed by atoms with van der Waals surface area (Å²) in [4.78, 5) is 0. The number of nitrogens with zero attached hydrogens (tertiary/aromatic N) is 1. The summed E-state index contributed by atoms with van der Waals surface area (Å²) in [5.41, 5.74) is 0.650. The molecule has 0 aliphatic carbocycles. The maximum Gasteiger partial charge on any atom is 0.177 e. The van der Waals surface area contributed by atoms with Gasteiger partial charge in [0.05, 0.1) is 6.61 Å². The van der Waals surface area contributed by atoms with Crippen molar-refractivity contribution >= 4 is 0 Å². The van der Waals surface area contributed by atoms with Gasteiger partial charge in [0.2, 0.25) is 0 Å². The second kappa shape index (κ2) is 9.35. The molecule has 0 amide bonds. The number of rotatable bonds is 6. The van der Waals surface area contributed by atoms with Crippen LogP contribution in [0.15, 0.2) is 71.3 Å². The van der Waals surface area contributed by atoms with E-state index in [9.17, 15) is 5.11 Å². The van der Waals surface area contributed by atoms with Crippen molar-refractivity contribution < 1.29 is 19.1 Å². The van der Waals surface area contributed by atoms with E-state index >= 15 is 0 Å². The molecular formula is C24H27NO4. The zero-order valence-electron chi connectivity index (χ0n) is 16.5. The number of benzene rings is 2. The first-order chi connectivity index (χ1) is 14.3. The topological polar surface area (TPSA) is 64.7 Å². The zero-order valence-corrected chi connectivity index (χ0v) is 16.5. The number of aliphatic hydroxyl groups is 1. The molecule has 1 unspecified atom stereocenters. The Morgan fingerprint density at radius 1 is 0.931 bits per heavy atom. The van der Waals surface area contributed by atoms with Gasteiger partial charge in [0, 0.05) is 12.7 Å². The number of ether oxygens (including phenoxy) is 2. The lowest BCUT2D eigenvalue weighted by molar-refractivity contribution is -0.158. The van der Waals surface area contributed by atoms with Crippen LogP contribution in [0.3, 0.4) is 0 Å². The lowest BCUT2D eigenvalue weighted by Crippen LogP contribution is -2.28. The van der Waals surface area contributed by atoms with E-state index in [2.05, 4.69) is 5.16 Å². The molecule has 1 aliphatic heterocycles. The molecule has 2 heterocycles. The van der Waals surface area contributed by atoms with Crippen LogP contribution >= 0.6 is 0 Å². The monoisotopic (exact) mass is 393 g/mol. The van der Waals surface area contributed by atoms with Gasteiger partial charge in [0.15, 0.2) is 17.7 Å². The van der Waals surface area contributed by atoms with Crippen molar-refractivity contribution in [3.05, 3.63) is 89.3 Å². The Labute approximate surface area is 171 Å². The summed E-state index contributed by atoms with van der Waals surface area (Å²) in [6.45, 7) is 1.02. The van der Waals surface area contributed by atoms with Crippen molar-refractivity contribution in [2.45, 2.75) is 50.6 Å². The van der Waals surface area contributed by atoms with E-state index in [-0.39, 0.29) is 12.9 Å². The van der Waals surface area contributed by atoms with Crippen LogP contribution < -0.4 is 0 Å². The SMILES string of the molecule is OC(c1ccccc1)(c1ccccc1)c1cc(COC2CCCCCCO2)no1. The summed E-state index contributed by atoms with van der Waals surface area (Å²) >= 11 is 0. The van der Waals surface area contributed by atoms with Gasteiger partial charge in [-0.15, -0.1) is 0 Å². The van der Waals surface area contributed by atoms with Crippen LogP contribution in [0.5, 0.6) is 0 Å². The Balaban J connectivity index is 1.55. The number of hydrogen-bond donors (Lipinski definition) is 1. The normalized spacial score (nSPS) is 18.2. The first-order valence-corrected chi connectivity index (χ1v) is 10.3. The molecule has 1 aromatic heterocycles. The Morgan fingerprint density at radius 3 is 2.28 bits per heavy atom. The van der Waals surface area contributed by atoms with Crippen LogP contribution in [-0.4, -0.2) is 23.2 Å². The molecule has 1 fully saturated rings. The molecule has 3 aromatic rings. The van der Waals surface area contributed by atoms with Crippen molar-refractivity contribution in [3.63, 3.8) is 0 Å². The molecule has 1 saturated heterocycles. The second-order valence-electron chi connectivity index (χ2n) is 7.44. The van der Waals surface area contributed by atoms with Gasteiger partial charge in [-0.1, -0.05) is 78.7 Å². The van der Waals surface area contributed by atoms with E-state index in [1.54, 1.807) is 6.07 Å². The molecule has 0 radical (unpaired) electrons. The molecule has 4 rings (SSSR count). The largest absolute Gasteiger partial charge is 0.373 e. The highest BCUT2D eigenvalue weighted by Gasteiger charge is 2.38. The molecule has 0 bridgehead atoms. The average molecular weight is 393 g/mol. The lowest BCUT2D eigenvalue weighted by atomic mass is 9.84. The molecule has 0 spiro atoms. The highest BCUT2D eigenvalue weighted by Crippen LogP contribution is 2.36. The van der Waals surface area contributed by atoms with E-state index < -0.39 is 5.60 Å². The van der Waals surface area contributed by atoms with Crippen molar-refractivity contribution in [1.82, 2.24) is 5.16 Å². The van der Waals surface area contributed by atoms with Gasteiger partial charge in [-0.3, -0.25) is 0 Å². The van der Waals surface area contributed by atoms with Crippen LogP contribution in [-0.2, 0) is 21.7 Å². The van der Waals surface area contributed by atoms with Gasteiger partial charge in [0.25, 0.3) is 0 Å². The first-order valence-electron chi connectivity index (χ1n) is 10.3. The van der Waals surface area contributed by atoms with E-state index in [1.807, 2.05) is 60.7 Å². The molecule has 29 heavy (non-hydrogen) atoms. The maximum absolute atomic E-state index is 11.7. The molecular weight excluding hydrogens is 366 g/mol. The van der Waals surface area contributed by atoms with E-state index in [0.717, 1.165) is 37.0 Å². The van der Waals surface area contributed by atoms with Crippen LogP contribution in [0, 0.1) is 0 Å². The molecule has 2 aromatic carbocycles. The molecule has 5 heteroatoms. The van der Waals surface area contributed by atoms with Crippen LogP contribution in [0.25, 0.3) is 0 Å². The summed E-state index contributed by atoms with van der Waals surface area (Å²) in [6.07, 6.45) is 5.31. The molecule has 1 aliphatic rings. The summed E-state index contributed by atoms with van der Waals surface area (Å²) in [5, 5.41) is 15.9. The van der Waals surface area contributed by atoms with Crippen LogP contribution in [0.2, 0.25) is 0 Å². The Bertz CT molecular complexity index is 831. The minimum absolute atomic E-state index is 0.211. The minimum Gasteiger partial charge on any atom is -0.373 e. The molecule has 1 N–H and O–H groups in total. The Morgan fingerprint density at radius 2 is 1.59 bits per heavy atom. The fraction of sp³-hybridized carbons (Fsp3) is 0.375. The Hall–Kier alpha value is -2.47. The van der Waals surface area contributed by atoms with Gasteiger partial charge in [-0.2, -0.15) is 0 Å². The quantitative estimate of drug-likeness (QED) is 0.653. The maximum atomic E-state index is 11.7. The zero-order chi connectivity index (χ0) is 19.9. The van der Waals surface area contributed by atoms with Gasteiger partial charge < -0.3 is 19.1 Å². The number of aromatic nitrogens is 1. The molecule has 152 valence electrons. The molecule has 0 saturated carbocycles. The lowest BCUT2D eigenvalue weighted by Gasteiger charge is -2.26. The van der Waals surface area contributed by atoms with Crippen molar-refractivity contribution in [3.8, 4) is 0 Å². The van der Waals surface area contributed by atoms with E-state index in [4.69, 9.17) is 14.0 Å². The van der Waals surface area contributed by atoms with Gasteiger partial charge in [-0.05, 0) is 30.4 Å². The Kier molecular flexibility index (Phi) is 6.39. The summed E-state index contributed by atoms with van der Waals surface area (Å²) in [6, 6.07) is 20.7. The van der Waals surface area contributed by atoms with Crippen LogP contribution in [0.1, 0.15) is 54.7 Å². The van der Waals surface area contributed by atoms with Crippen molar-refractivity contribution in [1.29, 1.82) is 0 Å². The van der Waals surface area contributed by atoms with Gasteiger partial charge in [-0.25, -0.2) is 0 Å². The third-order valence-corrected chi connectivity index (χ3v) is 5.35. The first kappa shape index (κ1) is 19.8. The van der Waals surface area contributed by atoms with Crippen LogP contribution in [0.4, 0.5) is 0 Å². The minimum atomic E-state index is -1.43. The summed E-state index contributed by atoms with van der Waals surface area (Å²) in [5.74, 6) is 0.368. The summed E-state index contributed by atoms with van der Waals surface area (Å²) in [7, 11) is 0. The average Bonchev–Trinajstić information content (AvgIpc) is 3.23. The number of hydrogen-bond acceptors (Lipinski definition) is 5. The smallest absolute Gasteiger partial charge is 0.177 e. The third kappa shape index (κ3) is 4.58. The highest BCUT2D eigenvalue weighted by atomic mass is 16.7. The summed E-state index contributed by atoms with van der Waals surface area (Å²) < 4.78 is 17.3. The standard InChI is InChI=1S/C24H27NO4/c26-24(19-11-5-3-6-12-19,20-13-7-4-8-14-20)22-17-21(25-29-22)18-28-23-15-9-1-2-10-16-27-23/h3-8,11-14,17,23,26H,1-2,9-10,15-16,18H2. The highest BCUT2D eigenvalue weighted by molar-refractivity contribution is 5.43. The van der Waals surface area contributed by atoms with Crippen molar-refractivity contribution in [2.24, 2.45) is 0 Å². The van der Waals surface area contributed by atoms with E-state index in [0.29, 0.717) is 11.5 Å². The fourth-order valence-electron chi connectivity index (χ4n) is 3.73.